The number of methoxy groups -OCH3 is 1. The van der Waals surface area contributed by atoms with Gasteiger partial charge in [-0.1, -0.05) is 11.6 Å². The number of hydrogen-bond donors (Lipinski definition) is 0. The van der Waals surface area contributed by atoms with E-state index in [9.17, 15) is 0 Å². The fourth-order valence-corrected chi connectivity index (χ4v) is 2.11. The van der Waals surface area contributed by atoms with Crippen molar-refractivity contribution in [2.75, 3.05) is 26.9 Å². The lowest BCUT2D eigenvalue weighted by atomic mass is 10.1. The first-order valence-corrected chi connectivity index (χ1v) is 6.10. The molecule has 0 spiro atoms. The molecule has 5 heteroatoms. The molecule has 1 heterocycles. The number of rotatable bonds is 4. The standard InChI is InChI=1S/C13H14ClNO3/c1-16-12-5-10(6-15)4-11(14)13(12)18-8-9-2-3-17-7-9/h4-5,9H,2-3,7-8H2,1H3. The molecule has 1 saturated heterocycles. The summed E-state index contributed by atoms with van der Waals surface area (Å²) in [5.41, 5.74) is 0.452. The Morgan fingerprint density at radius 3 is 3.00 bits per heavy atom. The maximum absolute atomic E-state index is 8.85. The van der Waals surface area contributed by atoms with Crippen molar-refractivity contribution < 1.29 is 14.2 Å². The van der Waals surface area contributed by atoms with Gasteiger partial charge in [-0.25, -0.2) is 0 Å². The monoisotopic (exact) mass is 267 g/mol. The second kappa shape index (κ2) is 5.94. The number of ether oxygens (including phenoxy) is 3. The molecule has 0 aromatic heterocycles. The molecule has 1 aliphatic heterocycles. The van der Waals surface area contributed by atoms with Crippen molar-refractivity contribution in [2.45, 2.75) is 6.42 Å². The van der Waals surface area contributed by atoms with Crippen molar-refractivity contribution in [3.63, 3.8) is 0 Å². The second-order valence-corrected chi connectivity index (χ2v) is 4.55. The van der Waals surface area contributed by atoms with Gasteiger partial charge >= 0.3 is 0 Å². The van der Waals surface area contributed by atoms with Gasteiger partial charge in [-0.2, -0.15) is 5.26 Å². The van der Waals surface area contributed by atoms with Crippen molar-refractivity contribution in [1.82, 2.24) is 0 Å². The molecule has 1 aromatic rings. The van der Waals surface area contributed by atoms with Gasteiger partial charge in [0.15, 0.2) is 11.5 Å². The van der Waals surface area contributed by atoms with E-state index in [0.717, 1.165) is 19.6 Å². The number of benzene rings is 1. The van der Waals surface area contributed by atoms with E-state index in [2.05, 4.69) is 0 Å². The van der Waals surface area contributed by atoms with Crippen LogP contribution in [0.4, 0.5) is 0 Å². The third kappa shape index (κ3) is 2.87. The number of nitriles is 1. The van der Waals surface area contributed by atoms with Gasteiger partial charge in [0.05, 0.1) is 37.0 Å². The Morgan fingerprint density at radius 1 is 1.56 bits per heavy atom. The molecule has 0 bridgehead atoms. The Bertz CT molecular complexity index is 464. The fourth-order valence-electron chi connectivity index (χ4n) is 1.84. The Morgan fingerprint density at radius 2 is 2.39 bits per heavy atom. The zero-order valence-corrected chi connectivity index (χ0v) is 10.9. The zero-order valence-electron chi connectivity index (χ0n) is 10.1. The molecule has 1 unspecified atom stereocenters. The summed E-state index contributed by atoms with van der Waals surface area (Å²) < 4.78 is 16.2. The molecule has 1 fully saturated rings. The summed E-state index contributed by atoms with van der Waals surface area (Å²) in [6.07, 6.45) is 0.996. The van der Waals surface area contributed by atoms with Crippen molar-refractivity contribution >= 4 is 11.6 Å². The van der Waals surface area contributed by atoms with E-state index in [1.165, 1.54) is 7.11 Å². The lowest BCUT2D eigenvalue weighted by Crippen LogP contribution is -2.12. The quantitative estimate of drug-likeness (QED) is 0.841. The molecule has 0 N–H and O–H groups in total. The molecule has 2 rings (SSSR count). The summed E-state index contributed by atoms with van der Waals surface area (Å²) in [5.74, 6) is 1.37. The van der Waals surface area contributed by atoms with Crippen LogP contribution in [0.1, 0.15) is 12.0 Å². The van der Waals surface area contributed by atoms with Crippen LogP contribution in [-0.2, 0) is 4.74 Å². The molecule has 0 radical (unpaired) electrons. The highest BCUT2D eigenvalue weighted by molar-refractivity contribution is 6.32. The zero-order chi connectivity index (χ0) is 13.0. The maximum atomic E-state index is 8.85. The van der Waals surface area contributed by atoms with Crippen LogP contribution < -0.4 is 9.47 Å². The number of hydrogen-bond acceptors (Lipinski definition) is 4. The molecule has 0 aliphatic carbocycles. The summed E-state index contributed by atoms with van der Waals surface area (Å²) >= 11 is 6.09. The molecule has 0 amide bonds. The van der Waals surface area contributed by atoms with E-state index in [1.807, 2.05) is 6.07 Å². The molecular weight excluding hydrogens is 254 g/mol. The topological polar surface area (TPSA) is 51.5 Å². The van der Waals surface area contributed by atoms with Gasteiger partial charge in [0, 0.05) is 18.6 Å². The fraction of sp³-hybridized carbons (Fsp3) is 0.462. The van der Waals surface area contributed by atoms with E-state index in [1.54, 1.807) is 12.1 Å². The largest absolute Gasteiger partial charge is 0.493 e. The van der Waals surface area contributed by atoms with Crippen LogP contribution in [0.5, 0.6) is 11.5 Å². The summed E-state index contributed by atoms with van der Waals surface area (Å²) in [7, 11) is 1.53. The van der Waals surface area contributed by atoms with Gasteiger partial charge in [0.25, 0.3) is 0 Å². The molecule has 1 aromatic carbocycles. The van der Waals surface area contributed by atoms with E-state index >= 15 is 0 Å². The van der Waals surface area contributed by atoms with Crippen molar-refractivity contribution in [3.8, 4) is 17.6 Å². The Hall–Kier alpha value is -1.44. The van der Waals surface area contributed by atoms with Crippen molar-refractivity contribution in [3.05, 3.63) is 22.7 Å². The minimum Gasteiger partial charge on any atom is -0.493 e. The van der Waals surface area contributed by atoms with Crippen LogP contribution in [0.15, 0.2) is 12.1 Å². The average Bonchev–Trinajstić information content (AvgIpc) is 2.89. The third-order valence-corrected chi connectivity index (χ3v) is 3.13. The molecule has 0 saturated carbocycles. The molecular formula is C13H14ClNO3. The Kier molecular flexibility index (Phi) is 4.29. The van der Waals surface area contributed by atoms with E-state index < -0.39 is 0 Å². The van der Waals surface area contributed by atoms with Gasteiger partial charge in [0.2, 0.25) is 0 Å². The SMILES string of the molecule is COc1cc(C#N)cc(Cl)c1OCC1CCOC1. The lowest BCUT2D eigenvalue weighted by molar-refractivity contribution is 0.165. The molecule has 1 aliphatic rings. The first-order chi connectivity index (χ1) is 8.74. The molecule has 96 valence electrons. The van der Waals surface area contributed by atoms with Gasteiger partial charge in [-0.15, -0.1) is 0 Å². The predicted octanol–water partition coefficient (Wildman–Crippen LogP) is 2.64. The number of nitrogens with zero attached hydrogens (tertiary/aromatic N) is 1. The minimum absolute atomic E-state index is 0.390. The van der Waals surface area contributed by atoms with E-state index in [-0.39, 0.29) is 0 Å². The van der Waals surface area contributed by atoms with E-state index in [4.69, 9.17) is 31.1 Å². The molecule has 4 nitrogen and oxygen atoms in total. The van der Waals surface area contributed by atoms with Crippen LogP contribution in [0.3, 0.4) is 0 Å². The molecule has 18 heavy (non-hydrogen) atoms. The maximum Gasteiger partial charge on any atom is 0.179 e. The van der Waals surface area contributed by atoms with Gasteiger partial charge in [-0.05, 0) is 12.5 Å². The lowest BCUT2D eigenvalue weighted by Gasteiger charge is -2.14. The van der Waals surface area contributed by atoms with Crippen LogP contribution >= 0.6 is 11.6 Å². The summed E-state index contributed by atoms with van der Waals surface area (Å²) in [5, 5.41) is 9.25. The summed E-state index contributed by atoms with van der Waals surface area (Å²) in [4.78, 5) is 0. The van der Waals surface area contributed by atoms with Crippen LogP contribution in [0.25, 0.3) is 0 Å². The molecule has 1 atom stereocenters. The van der Waals surface area contributed by atoms with Crippen molar-refractivity contribution in [1.29, 1.82) is 5.26 Å². The van der Waals surface area contributed by atoms with Crippen molar-refractivity contribution in [2.24, 2.45) is 5.92 Å². The van der Waals surface area contributed by atoms with E-state index in [0.29, 0.717) is 34.6 Å². The number of halogens is 1. The average molecular weight is 268 g/mol. The predicted molar refractivity (Wildman–Crippen MR) is 67.1 cm³/mol. The Labute approximate surface area is 111 Å². The summed E-state index contributed by atoms with van der Waals surface area (Å²) in [6, 6.07) is 5.22. The van der Waals surface area contributed by atoms with Gasteiger partial charge in [0.1, 0.15) is 0 Å². The highest BCUT2D eigenvalue weighted by atomic mass is 35.5. The normalized spacial score (nSPS) is 18.4. The van der Waals surface area contributed by atoms with Gasteiger partial charge < -0.3 is 14.2 Å². The smallest absolute Gasteiger partial charge is 0.179 e. The Balaban J connectivity index is 2.13. The highest BCUT2D eigenvalue weighted by Crippen LogP contribution is 2.36. The first-order valence-electron chi connectivity index (χ1n) is 5.72. The first kappa shape index (κ1) is 13.0. The minimum atomic E-state index is 0.390. The van der Waals surface area contributed by atoms with Crippen LogP contribution in [0, 0.1) is 17.2 Å². The third-order valence-electron chi connectivity index (χ3n) is 2.85. The van der Waals surface area contributed by atoms with Crippen LogP contribution in [-0.4, -0.2) is 26.9 Å². The van der Waals surface area contributed by atoms with Gasteiger partial charge in [-0.3, -0.25) is 0 Å². The summed E-state index contributed by atoms with van der Waals surface area (Å²) in [6.45, 7) is 2.05. The highest BCUT2D eigenvalue weighted by Gasteiger charge is 2.19. The van der Waals surface area contributed by atoms with Crippen LogP contribution in [0.2, 0.25) is 5.02 Å². The second-order valence-electron chi connectivity index (χ2n) is 4.14.